The average molecular weight is 613 g/mol. The van der Waals surface area contributed by atoms with E-state index < -0.39 is 12.1 Å². The Morgan fingerprint density at radius 1 is 1.05 bits per heavy atom. The highest BCUT2D eigenvalue weighted by molar-refractivity contribution is 6.31. The second-order valence-corrected chi connectivity index (χ2v) is 9.26. The summed E-state index contributed by atoms with van der Waals surface area (Å²) in [6.45, 7) is 4.99. The molecule has 0 aliphatic carbocycles. The SMILES string of the molecule is O=C(Nc1ccc(OCc2cc(C(=O)NCCCN3CCOCC3)no2)cc1)c1cccc(Cl)c1.O=C(O)C(F)(F)F. The van der Waals surface area contributed by atoms with E-state index in [-0.39, 0.29) is 24.1 Å². The smallest absolute Gasteiger partial charge is 0.486 e. The van der Waals surface area contributed by atoms with Gasteiger partial charge < -0.3 is 29.7 Å². The summed E-state index contributed by atoms with van der Waals surface area (Å²) in [6, 6.07) is 15.2. The number of carboxylic acid groups (broad SMARTS) is 1. The van der Waals surface area contributed by atoms with E-state index >= 15 is 0 Å². The number of aromatic nitrogens is 1. The molecule has 3 aromatic rings. The number of carbonyl (C=O) groups is 3. The number of aliphatic carboxylic acids is 1. The van der Waals surface area contributed by atoms with Gasteiger partial charge in [0.25, 0.3) is 11.8 Å². The first-order chi connectivity index (χ1) is 20.0. The van der Waals surface area contributed by atoms with Crippen LogP contribution in [0.3, 0.4) is 0 Å². The summed E-state index contributed by atoms with van der Waals surface area (Å²) in [5.41, 5.74) is 1.31. The Kier molecular flexibility index (Phi) is 12.1. The molecule has 1 saturated heterocycles. The maximum absolute atomic E-state index is 12.3. The van der Waals surface area contributed by atoms with Crippen LogP contribution in [0.4, 0.5) is 18.9 Å². The fourth-order valence-corrected chi connectivity index (χ4v) is 3.72. The summed E-state index contributed by atoms with van der Waals surface area (Å²) in [5, 5.41) is 17.1. The van der Waals surface area contributed by atoms with Gasteiger partial charge in [0.1, 0.15) is 12.4 Å². The van der Waals surface area contributed by atoms with E-state index in [1.807, 2.05) is 0 Å². The third-order valence-electron chi connectivity index (χ3n) is 5.65. The van der Waals surface area contributed by atoms with Gasteiger partial charge in [0.2, 0.25) is 0 Å². The molecule has 3 N–H and O–H groups in total. The van der Waals surface area contributed by atoms with Crippen LogP contribution in [0.5, 0.6) is 5.75 Å². The van der Waals surface area contributed by atoms with Crippen molar-refractivity contribution in [3.8, 4) is 5.75 Å². The zero-order valence-electron chi connectivity index (χ0n) is 22.2. The number of hydrogen-bond donors (Lipinski definition) is 3. The molecule has 42 heavy (non-hydrogen) atoms. The molecule has 0 saturated carbocycles. The van der Waals surface area contributed by atoms with E-state index in [2.05, 4.69) is 20.7 Å². The van der Waals surface area contributed by atoms with Crippen LogP contribution in [0.15, 0.2) is 59.1 Å². The Labute approximate surface area is 243 Å². The van der Waals surface area contributed by atoms with Crippen LogP contribution in [0.2, 0.25) is 5.02 Å². The number of nitrogens with zero attached hydrogens (tertiary/aromatic N) is 2. The molecule has 1 fully saturated rings. The monoisotopic (exact) mass is 612 g/mol. The lowest BCUT2D eigenvalue weighted by Gasteiger charge is -2.26. The average Bonchev–Trinajstić information content (AvgIpc) is 3.44. The number of rotatable bonds is 10. The molecule has 0 radical (unpaired) electrons. The molecule has 2 aromatic carbocycles. The van der Waals surface area contributed by atoms with Crippen LogP contribution in [0.1, 0.15) is 33.0 Å². The molecule has 2 amide bonds. The number of ether oxygens (including phenoxy) is 2. The number of halogens is 4. The van der Waals surface area contributed by atoms with E-state index in [1.54, 1.807) is 54.6 Å². The van der Waals surface area contributed by atoms with E-state index in [9.17, 15) is 22.8 Å². The molecule has 1 aliphatic rings. The molecule has 2 heterocycles. The van der Waals surface area contributed by atoms with Gasteiger partial charge in [-0.1, -0.05) is 22.8 Å². The standard InChI is InChI=1S/C25H27ClN4O5.C2HF3O2/c26-19-4-1-3-18(15-19)24(31)28-20-5-7-21(8-6-20)34-17-22-16-23(29-35-22)25(32)27-9-2-10-30-11-13-33-14-12-30;3-2(4,5)1(6)7/h1,3-8,15-16H,2,9-14,17H2,(H,27,32)(H,28,31);(H,6,7). The summed E-state index contributed by atoms with van der Waals surface area (Å²) in [6.07, 6.45) is -4.23. The third-order valence-corrected chi connectivity index (χ3v) is 5.89. The number of anilines is 1. The normalized spacial score (nSPS) is 13.4. The van der Waals surface area contributed by atoms with Gasteiger partial charge in [-0.05, 0) is 55.4 Å². The molecule has 15 heteroatoms. The van der Waals surface area contributed by atoms with Gasteiger partial charge >= 0.3 is 12.1 Å². The van der Waals surface area contributed by atoms with Gasteiger partial charge in [0.15, 0.2) is 11.5 Å². The Morgan fingerprint density at radius 3 is 2.38 bits per heavy atom. The van der Waals surface area contributed by atoms with Crippen LogP contribution in [-0.4, -0.2) is 78.5 Å². The van der Waals surface area contributed by atoms with Crippen molar-refractivity contribution in [1.82, 2.24) is 15.4 Å². The van der Waals surface area contributed by atoms with Crippen LogP contribution < -0.4 is 15.4 Å². The number of amides is 2. The Morgan fingerprint density at radius 2 is 1.74 bits per heavy atom. The Bertz CT molecular complexity index is 1330. The molecule has 1 aliphatic heterocycles. The summed E-state index contributed by atoms with van der Waals surface area (Å²) >= 11 is 5.94. The molecule has 0 spiro atoms. The highest BCUT2D eigenvalue weighted by Gasteiger charge is 2.38. The second kappa shape index (κ2) is 15.7. The van der Waals surface area contributed by atoms with Crippen molar-refractivity contribution in [3.05, 3.63) is 76.6 Å². The second-order valence-electron chi connectivity index (χ2n) is 8.82. The fourth-order valence-electron chi connectivity index (χ4n) is 3.53. The van der Waals surface area contributed by atoms with E-state index in [4.69, 9.17) is 35.5 Å². The first-order valence-electron chi connectivity index (χ1n) is 12.6. The minimum Gasteiger partial charge on any atom is -0.486 e. The lowest BCUT2D eigenvalue weighted by molar-refractivity contribution is -0.192. The van der Waals surface area contributed by atoms with E-state index in [0.29, 0.717) is 34.3 Å². The maximum atomic E-state index is 12.3. The van der Waals surface area contributed by atoms with Crippen molar-refractivity contribution in [1.29, 1.82) is 0 Å². The zero-order valence-corrected chi connectivity index (χ0v) is 22.9. The molecule has 0 unspecified atom stereocenters. The largest absolute Gasteiger partial charge is 0.490 e. The highest BCUT2D eigenvalue weighted by Crippen LogP contribution is 2.19. The van der Waals surface area contributed by atoms with Crippen molar-refractivity contribution in [2.45, 2.75) is 19.2 Å². The Hall–Kier alpha value is -4.14. The third kappa shape index (κ3) is 11.0. The molecule has 0 atom stereocenters. The fraction of sp³-hybridized carbons (Fsp3) is 0.333. The quantitative estimate of drug-likeness (QED) is 0.286. The lowest BCUT2D eigenvalue weighted by atomic mass is 10.2. The van der Waals surface area contributed by atoms with Gasteiger partial charge in [-0.25, -0.2) is 4.79 Å². The number of morpholine rings is 1. The van der Waals surface area contributed by atoms with Crippen molar-refractivity contribution in [2.24, 2.45) is 0 Å². The summed E-state index contributed by atoms with van der Waals surface area (Å²) in [5.74, 6) is -2.28. The highest BCUT2D eigenvalue weighted by atomic mass is 35.5. The molecule has 226 valence electrons. The molecular weight excluding hydrogens is 585 g/mol. The molecular formula is C27H28ClF3N4O7. The maximum Gasteiger partial charge on any atom is 0.490 e. The van der Waals surface area contributed by atoms with Gasteiger partial charge in [0, 0.05) is 42.0 Å². The van der Waals surface area contributed by atoms with Crippen molar-refractivity contribution in [2.75, 3.05) is 44.7 Å². The van der Waals surface area contributed by atoms with E-state index in [1.165, 1.54) is 0 Å². The molecule has 11 nitrogen and oxygen atoms in total. The summed E-state index contributed by atoms with van der Waals surface area (Å²) in [4.78, 5) is 35.8. The summed E-state index contributed by atoms with van der Waals surface area (Å²) in [7, 11) is 0. The number of alkyl halides is 3. The van der Waals surface area contributed by atoms with Crippen molar-refractivity contribution < 1.29 is 46.7 Å². The molecule has 1 aromatic heterocycles. The van der Waals surface area contributed by atoms with Gasteiger partial charge in [-0.2, -0.15) is 13.2 Å². The van der Waals surface area contributed by atoms with Crippen molar-refractivity contribution in [3.63, 3.8) is 0 Å². The van der Waals surface area contributed by atoms with Crippen LogP contribution in [0, 0.1) is 0 Å². The van der Waals surface area contributed by atoms with Crippen LogP contribution >= 0.6 is 11.6 Å². The van der Waals surface area contributed by atoms with Crippen LogP contribution in [-0.2, 0) is 16.1 Å². The lowest BCUT2D eigenvalue weighted by Crippen LogP contribution is -2.38. The minimum atomic E-state index is -5.08. The van der Waals surface area contributed by atoms with Crippen molar-refractivity contribution >= 4 is 35.1 Å². The number of carboxylic acids is 1. The number of carbonyl (C=O) groups excluding carboxylic acids is 2. The molecule has 0 bridgehead atoms. The predicted octanol–water partition coefficient (Wildman–Crippen LogP) is 4.24. The van der Waals surface area contributed by atoms with Crippen LogP contribution in [0.25, 0.3) is 0 Å². The number of nitrogens with one attached hydrogen (secondary N) is 2. The topological polar surface area (TPSA) is 143 Å². The predicted molar refractivity (Wildman–Crippen MR) is 145 cm³/mol. The first kappa shape index (κ1) is 32.4. The number of hydrogen-bond acceptors (Lipinski definition) is 8. The molecule has 4 rings (SSSR count). The van der Waals surface area contributed by atoms with Gasteiger partial charge in [-0.15, -0.1) is 0 Å². The first-order valence-corrected chi connectivity index (χ1v) is 13.0. The minimum absolute atomic E-state index is 0.117. The van der Waals surface area contributed by atoms with Gasteiger partial charge in [-0.3, -0.25) is 14.5 Å². The zero-order chi connectivity index (χ0) is 30.5. The Balaban J connectivity index is 0.000000616. The van der Waals surface area contributed by atoms with E-state index in [0.717, 1.165) is 39.3 Å². The number of benzene rings is 2. The van der Waals surface area contributed by atoms with Gasteiger partial charge in [0.05, 0.1) is 13.2 Å². The summed E-state index contributed by atoms with van der Waals surface area (Å²) < 4.78 is 48.0.